The van der Waals surface area contributed by atoms with Crippen LogP contribution in [0.4, 0.5) is 11.8 Å². The van der Waals surface area contributed by atoms with Gasteiger partial charge in [0, 0.05) is 30.8 Å². The summed E-state index contributed by atoms with van der Waals surface area (Å²) in [5.74, 6) is 4.75. The zero-order valence-corrected chi connectivity index (χ0v) is 23.5. The number of aliphatic hydroxyl groups excluding tert-OH is 1. The summed E-state index contributed by atoms with van der Waals surface area (Å²) in [6.07, 6.45) is 13.0. The van der Waals surface area contributed by atoms with Gasteiger partial charge in [-0.25, -0.2) is 4.98 Å². The monoisotopic (exact) mass is 548 g/mol. The predicted octanol–water partition coefficient (Wildman–Crippen LogP) is 5.61. The third-order valence-corrected chi connectivity index (χ3v) is 10.6. The number of nitrogens with zero attached hydrogens (tertiary/aromatic N) is 3. The van der Waals surface area contributed by atoms with Gasteiger partial charge >= 0.3 is 0 Å². The van der Waals surface area contributed by atoms with Gasteiger partial charge in [0.1, 0.15) is 17.5 Å². The summed E-state index contributed by atoms with van der Waals surface area (Å²) >= 11 is 6.30. The normalized spacial score (nSPS) is 33.1. The van der Waals surface area contributed by atoms with Gasteiger partial charge in [-0.05, 0) is 111 Å². The number of hydrogen-bond donors (Lipinski definition) is 4. The number of nitrogens with one attached hydrogen (secondary N) is 3. The summed E-state index contributed by atoms with van der Waals surface area (Å²) < 4.78 is 0. The predicted molar refractivity (Wildman–Crippen MR) is 154 cm³/mol. The molecule has 4 N–H and O–H groups in total. The topological polar surface area (TPSA) is 106 Å². The minimum atomic E-state index is 0.288. The van der Waals surface area contributed by atoms with Gasteiger partial charge in [-0.2, -0.15) is 10.2 Å². The highest BCUT2D eigenvalue weighted by Gasteiger charge is 2.55. The maximum atomic E-state index is 9.72. The van der Waals surface area contributed by atoms with E-state index in [2.05, 4.69) is 32.0 Å². The third-order valence-electron chi connectivity index (χ3n) is 10.2. The fourth-order valence-electron chi connectivity index (χ4n) is 8.43. The zero-order valence-electron chi connectivity index (χ0n) is 22.7. The van der Waals surface area contributed by atoms with E-state index in [9.17, 15) is 10.4 Å². The SMILES string of the molecule is N#Cc1cnc(NCc2ccccc2Cl)nc1NC[C@]12CC3C[C@H](C1)[C@@H](NC[C@H]1CC[C@H](CO)CC1)[C@@H](C3)C2. The van der Waals surface area contributed by atoms with Crippen molar-refractivity contribution >= 4 is 23.4 Å². The van der Waals surface area contributed by atoms with Crippen LogP contribution in [0.5, 0.6) is 0 Å². The summed E-state index contributed by atoms with van der Waals surface area (Å²) in [5, 5.41) is 30.8. The molecule has 208 valence electrons. The van der Waals surface area contributed by atoms with Crippen molar-refractivity contribution in [2.24, 2.45) is 35.0 Å². The molecule has 5 fully saturated rings. The summed E-state index contributed by atoms with van der Waals surface area (Å²) in [7, 11) is 0. The van der Waals surface area contributed by atoms with Crippen LogP contribution in [0.25, 0.3) is 0 Å². The van der Waals surface area contributed by atoms with E-state index in [0.29, 0.717) is 47.5 Å². The Kier molecular flexibility index (Phi) is 7.98. The van der Waals surface area contributed by atoms with Crippen LogP contribution in [-0.4, -0.2) is 40.8 Å². The molecule has 0 radical (unpaired) electrons. The van der Waals surface area contributed by atoms with E-state index in [-0.39, 0.29) is 5.41 Å². The number of aliphatic hydroxyl groups is 1. The first-order chi connectivity index (χ1) is 19.0. The largest absolute Gasteiger partial charge is 0.396 e. The first-order valence-electron chi connectivity index (χ1n) is 14.9. The quantitative estimate of drug-likeness (QED) is 0.306. The van der Waals surface area contributed by atoms with E-state index in [4.69, 9.17) is 11.6 Å². The van der Waals surface area contributed by atoms with Gasteiger partial charge < -0.3 is 21.1 Å². The van der Waals surface area contributed by atoms with Crippen molar-refractivity contribution in [1.82, 2.24) is 15.3 Å². The molecule has 8 heteroatoms. The molecule has 1 heterocycles. The minimum Gasteiger partial charge on any atom is -0.396 e. The number of aromatic nitrogens is 2. The first-order valence-corrected chi connectivity index (χ1v) is 15.2. The number of rotatable bonds is 10. The Morgan fingerprint density at radius 3 is 2.49 bits per heavy atom. The lowest BCUT2D eigenvalue weighted by Gasteiger charge is -2.60. The second-order valence-electron chi connectivity index (χ2n) is 12.8. The number of hydrogen-bond acceptors (Lipinski definition) is 7. The fraction of sp³-hybridized carbons (Fsp3) is 0.645. The van der Waals surface area contributed by atoms with Gasteiger partial charge in [0.05, 0.1) is 6.20 Å². The van der Waals surface area contributed by atoms with Crippen LogP contribution < -0.4 is 16.0 Å². The average Bonchev–Trinajstić information content (AvgIpc) is 2.95. The molecule has 1 aromatic heterocycles. The van der Waals surface area contributed by atoms with Crippen molar-refractivity contribution in [2.75, 3.05) is 30.3 Å². The highest BCUT2D eigenvalue weighted by atomic mass is 35.5. The van der Waals surface area contributed by atoms with E-state index >= 15 is 0 Å². The molecule has 7 nitrogen and oxygen atoms in total. The van der Waals surface area contributed by atoms with Gasteiger partial charge in [0.2, 0.25) is 5.95 Å². The van der Waals surface area contributed by atoms with E-state index in [1.807, 2.05) is 24.3 Å². The van der Waals surface area contributed by atoms with Crippen LogP contribution in [0.3, 0.4) is 0 Å². The molecule has 7 rings (SSSR count). The standard InChI is InChI=1S/C31H41ClN6O/c32-27-4-2-1-3-23(27)16-35-30-36-17-26(14-33)29(38-30)37-19-31-11-22-9-24(12-31)28(25(10-22)13-31)34-15-20-5-7-21(18-39)8-6-20/h1-4,17,20-22,24-25,28,34,39H,5-13,15-16,18-19H2,(H2,35,36,37,38)/t20-,21-,22?,24-,25+,28-,31-. The van der Waals surface area contributed by atoms with Crippen molar-refractivity contribution in [2.45, 2.75) is 70.4 Å². The van der Waals surface area contributed by atoms with E-state index < -0.39 is 0 Å². The van der Waals surface area contributed by atoms with Gasteiger partial charge in [0.15, 0.2) is 0 Å². The van der Waals surface area contributed by atoms with Gasteiger partial charge in [-0.1, -0.05) is 29.8 Å². The Balaban J connectivity index is 1.07. The summed E-state index contributed by atoms with van der Waals surface area (Å²) in [6.45, 7) is 2.89. The van der Waals surface area contributed by atoms with Crippen LogP contribution in [0, 0.1) is 46.3 Å². The van der Waals surface area contributed by atoms with E-state index in [1.54, 1.807) is 6.20 Å². The van der Waals surface area contributed by atoms with Crippen molar-refractivity contribution in [3.05, 3.63) is 46.6 Å². The molecule has 1 aromatic carbocycles. The molecule has 5 aliphatic rings. The third kappa shape index (κ3) is 5.89. The molecule has 0 spiro atoms. The summed E-state index contributed by atoms with van der Waals surface area (Å²) in [5.41, 5.74) is 1.76. The maximum absolute atomic E-state index is 9.72. The second-order valence-corrected chi connectivity index (χ2v) is 13.2. The van der Waals surface area contributed by atoms with Crippen LogP contribution in [0.2, 0.25) is 5.02 Å². The molecular formula is C31H41ClN6O. The Labute approximate surface area is 237 Å². The maximum Gasteiger partial charge on any atom is 0.224 e. The van der Waals surface area contributed by atoms with Gasteiger partial charge in [-0.3, -0.25) is 0 Å². The molecule has 1 unspecified atom stereocenters. The summed E-state index contributed by atoms with van der Waals surface area (Å²) in [6, 6.07) is 10.7. The highest BCUT2D eigenvalue weighted by molar-refractivity contribution is 6.31. The van der Waals surface area contributed by atoms with Crippen LogP contribution in [-0.2, 0) is 6.54 Å². The molecule has 5 atom stereocenters. The Bertz CT molecular complexity index is 1180. The van der Waals surface area contributed by atoms with Gasteiger partial charge in [-0.15, -0.1) is 0 Å². The number of anilines is 2. The number of nitriles is 1. The Morgan fingerprint density at radius 1 is 1.03 bits per heavy atom. The molecular weight excluding hydrogens is 508 g/mol. The molecule has 39 heavy (non-hydrogen) atoms. The second kappa shape index (κ2) is 11.6. The zero-order chi connectivity index (χ0) is 26.8. The lowest BCUT2D eigenvalue weighted by molar-refractivity contribution is -0.0703. The van der Waals surface area contributed by atoms with Crippen LogP contribution in [0.1, 0.15) is 68.9 Å². The molecule has 4 bridgehead atoms. The fourth-order valence-corrected chi connectivity index (χ4v) is 8.64. The molecule has 0 amide bonds. The first kappa shape index (κ1) is 26.8. The van der Waals surface area contributed by atoms with Crippen LogP contribution in [0.15, 0.2) is 30.5 Å². The van der Waals surface area contributed by atoms with E-state index in [1.165, 1.54) is 57.8 Å². The molecule has 5 saturated carbocycles. The van der Waals surface area contributed by atoms with Crippen molar-refractivity contribution in [3.8, 4) is 6.07 Å². The number of halogens is 1. The van der Waals surface area contributed by atoms with Crippen LogP contribution >= 0.6 is 11.6 Å². The molecule has 5 aliphatic carbocycles. The summed E-state index contributed by atoms with van der Waals surface area (Å²) in [4.78, 5) is 9.04. The Hall–Kier alpha value is -2.40. The van der Waals surface area contributed by atoms with Crippen molar-refractivity contribution < 1.29 is 5.11 Å². The Morgan fingerprint density at radius 2 is 1.77 bits per heavy atom. The highest BCUT2D eigenvalue weighted by Crippen LogP contribution is 2.60. The molecule has 0 saturated heterocycles. The average molecular weight is 549 g/mol. The molecule has 2 aromatic rings. The van der Waals surface area contributed by atoms with Gasteiger partial charge in [0.25, 0.3) is 0 Å². The lowest BCUT2D eigenvalue weighted by Crippen LogP contribution is -2.60. The minimum absolute atomic E-state index is 0.288. The van der Waals surface area contributed by atoms with Crippen molar-refractivity contribution in [1.29, 1.82) is 5.26 Å². The molecule has 0 aliphatic heterocycles. The van der Waals surface area contributed by atoms with Crippen molar-refractivity contribution in [3.63, 3.8) is 0 Å². The smallest absolute Gasteiger partial charge is 0.224 e. The van der Waals surface area contributed by atoms with E-state index in [0.717, 1.165) is 42.3 Å². The lowest BCUT2D eigenvalue weighted by atomic mass is 9.48. The number of benzene rings is 1.